The summed E-state index contributed by atoms with van der Waals surface area (Å²) in [5, 5.41) is 10.2. The van der Waals surface area contributed by atoms with Gasteiger partial charge in [0, 0.05) is 60.1 Å². The minimum Gasteiger partial charge on any atom is -0.507 e. The molecule has 4 rings (SSSR count). The summed E-state index contributed by atoms with van der Waals surface area (Å²) < 4.78 is 61.9. The second-order valence-electron chi connectivity index (χ2n) is 12.7. The maximum atomic E-state index is 13.5. The lowest BCUT2D eigenvalue weighted by molar-refractivity contribution is -0.358. The van der Waals surface area contributed by atoms with Crippen molar-refractivity contribution in [1.29, 1.82) is 0 Å². The van der Waals surface area contributed by atoms with E-state index in [-0.39, 0.29) is 11.1 Å². The monoisotopic (exact) mass is 808 g/mol. The van der Waals surface area contributed by atoms with Gasteiger partial charge in [0.15, 0.2) is 42.2 Å². The third-order valence-corrected chi connectivity index (χ3v) is 8.15. The van der Waals surface area contributed by atoms with Crippen LogP contribution in [0.2, 0.25) is 0 Å². The van der Waals surface area contributed by atoms with Crippen LogP contribution < -0.4 is 0 Å². The Balaban J connectivity index is 1.83. The predicted molar refractivity (Wildman–Crippen MR) is 179 cm³/mol. The second kappa shape index (κ2) is 18.8. The van der Waals surface area contributed by atoms with E-state index in [4.69, 9.17) is 52.1 Å². The minimum atomic E-state index is -1.92. The van der Waals surface area contributed by atoms with Gasteiger partial charge in [-0.15, -0.1) is 0 Å². The molecule has 0 radical (unpaired) electrons. The van der Waals surface area contributed by atoms with Crippen molar-refractivity contribution in [3.8, 4) is 5.75 Å². The minimum absolute atomic E-state index is 0.241. The highest BCUT2D eigenvalue weighted by molar-refractivity contribution is 6.24. The molecule has 3 aliphatic rings. The quantitative estimate of drug-likeness (QED) is 0.207. The normalized spacial score (nSPS) is 28.0. The molecule has 0 saturated carbocycles. The molecule has 0 spiro atoms. The van der Waals surface area contributed by atoms with Gasteiger partial charge in [0.1, 0.15) is 37.3 Å². The fraction of sp³-hybridized carbons (Fsp3) is 0.528. The van der Waals surface area contributed by atoms with Crippen LogP contribution in [0.15, 0.2) is 30.0 Å². The molecule has 1 N–H and O–H groups in total. The molecule has 10 atom stereocenters. The molecule has 1 aliphatic carbocycles. The van der Waals surface area contributed by atoms with Gasteiger partial charge in [0.05, 0.1) is 5.56 Å². The lowest BCUT2D eigenvalue weighted by Gasteiger charge is -2.48. The Morgan fingerprint density at radius 1 is 0.579 bits per heavy atom. The summed E-state index contributed by atoms with van der Waals surface area (Å²) in [6, 6.07) is 3.75. The first-order valence-electron chi connectivity index (χ1n) is 17.2. The number of benzene rings is 1. The summed E-state index contributed by atoms with van der Waals surface area (Å²) in [6.07, 6.45) is -16.7. The van der Waals surface area contributed by atoms with Crippen LogP contribution >= 0.6 is 0 Å². The first kappa shape index (κ1) is 43.8. The topological polar surface area (TPSA) is 275 Å². The largest absolute Gasteiger partial charge is 0.507 e. The van der Waals surface area contributed by atoms with Gasteiger partial charge >= 0.3 is 41.8 Å². The number of phenolic OH excluding ortho intramolecular Hbond substituents is 1. The average molecular weight is 809 g/mol. The molecule has 310 valence electrons. The van der Waals surface area contributed by atoms with Crippen LogP contribution in [0.1, 0.15) is 69.2 Å². The number of ketones is 2. The van der Waals surface area contributed by atoms with Gasteiger partial charge in [0.2, 0.25) is 18.2 Å². The third kappa shape index (κ3) is 11.1. The Hall–Kier alpha value is -5.93. The van der Waals surface area contributed by atoms with Gasteiger partial charge in [-0.05, 0) is 12.1 Å². The van der Waals surface area contributed by atoms with Gasteiger partial charge in [-0.3, -0.25) is 43.2 Å². The Morgan fingerprint density at radius 3 is 1.53 bits per heavy atom. The Kier molecular flexibility index (Phi) is 14.4. The number of Topliss-reactive ketones (excluding diaryl/α,β-unsaturated/α-hetero) is 1. The van der Waals surface area contributed by atoms with Crippen LogP contribution in [0.3, 0.4) is 0 Å². The zero-order valence-electron chi connectivity index (χ0n) is 31.6. The van der Waals surface area contributed by atoms with E-state index in [9.17, 15) is 48.3 Å². The lowest BCUT2D eigenvalue weighted by Crippen LogP contribution is -2.67. The molecule has 0 unspecified atom stereocenters. The first-order chi connectivity index (χ1) is 26.8. The van der Waals surface area contributed by atoms with Crippen LogP contribution in [0.25, 0.3) is 0 Å². The van der Waals surface area contributed by atoms with Crippen molar-refractivity contribution in [2.24, 2.45) is 0 Å². The van der Waals surface area contributed by atoms with E-state index in [1.54, 1.807) is 0 Å². The van der Waals surface area contributed by atoms with Gasteiger partial charge < -0.3 is 57.2 Å². The molecule has 57 heavy (non-hydrogen) atoms. The van der Waals surface area contributed by atoms with Crippen molar-refractivity contribution in [2.45, 2.75) is 110 Å². The van der Waals surface area contributed by atoms with E-state index < -0.39 is 139 Å². The number of fused-ring (bicyclic) bond motifs is 1. The third-order valence-electron chi connectivity index (χ3n) is 8.15. The predicted octanol–water partition coefficient (Wildman–Crippen LogP) is 0.291. The van der Waals surface area contributed by atoms with Crippen molar-refractivity contribution in [3.63, 3.8) is 0 Å². The Labute approximate surface area is 323 Å². The van der Waals surface area contributed by atoms with E-state index in [1.165, 1.54) is 18.2 Å². The van der Waals surface area contributed by atoms with Crippen molar-refractivity contribution in [3.05, 3.63) is 41.2 Å². The van der Waals surface area contributed by atoms with Crippen LogP contribution in [0, 0.1) is 0 Å². The van der Waals surface area contributed by atoms with Gasteiger partial charge in [-0.1, -0.05) is 6.07 Å². The molecule has 2 fully saturated rings. The fourth-order valence-electron chi connectivity index (χ4n) is 6.16. The molecule has 2 saturated heterocycles. The number of aromatic hydroxyl groups is 1. The van der Waals surface area contributed by atoms with Crippen molar-refractivity contribution >= 4 is 53.4 Å². The van der Waals surface area contributed by atoms with E-state index >= 15 is 0 Å². The zero-order valence-corrected chi connectivity index (χ0v) is 31.6. The second-order valence-corrected chi connectivity index (χ2v) is 12.7. The highest BCUT2D eigenvalue weighted by Crippen LogP contribution is 2.37. The average Bonchev–Trinajstić information content (AvgIpc) is 3.09. The maximum Gasteiger partial charge on any atom is 0.303 e. The Morgan fingerprint density at radius 2 is 1.02 bits per heavy atom. The smallest absolute Gasteiger partial charge is 0.303 e. The van der Waals surface area contributed by atoms with E-state index in [2.05, 4.69) is 0 Å². The molecule has 0 amide bonds. The fourth-order valence-corrected chi connectivity index (χ4v) is 6.16. The van der Waals surface area contributed by atoms with Crippen molar-refractivity contribution in [1.82, 2.24) is 0 Å². The number of allylic oxidation sites excluding steroid dienone is 2. The number of esters is 7. The maximum absolute atomic E-state index is 13.5. The number of carbonyl (C=O) groups excluding carboxylic acids is 9. The summed E-state index contributed by atoms with van der Waals surface area (Å²) >= 11 is 0. The van der Waals surface area contributed by atoms with E-state index in [0.29, 0.717) is 0 Å². The molecule has 2 aliphatic heterocycles. The summed E-state index contributed by atoms with van der Waals surface area (Å²) in [5.41, 5.74) is -0.546. The van der Waals surface area contributed by atoms with E-state index in [0.717, 1.165) is 54.5 Å². The van der Waals surface area contributed by atoms with Crippen LogP contribution in [0.4, 0.5) is 0 Å². The van der Waals surface area contributed by atoms with E-state index in [1.807, 2.05) is 0 Å². The van der Waals surface area contributed by atoms with Gasteiger partial charge in [0.25, 0.3) is 0 Å². The molecule has 1 aromatic carbocycles. The van der Waals surface area contributed by atoms with Crippen molar-refractivity contribution < 1.29 is 100 Å². The zero-order chi connectivity index (χ0) is 42.3. The molecule has 2 heterocycles. The van der Waals surface area contributed by atoms with Gasteiger partial charge in [-0.25, -0.2) is 0 Å². The summed E-state index contributed by atoms with van der Waals surface area (Å²) in [5.74, 6) is -9.37. The lowest BCUT2D eigenvalue weighted by atomic mass is 9.92. The number of ether oxygens (including phenoxy) is 11. The molecule has 21 heteroatoms. The molecule has 0 aromatic heterocycles. The molecule has 0 bridgehead atoms. The van der Waals surface area contributed by atoms with Crippen molar-refractivity contribution in [2.75, 3.05) is 13.2 Å². The highest BCUT2D eigenvalue weighted by Gasteiger charge is 2.58. The highest BCUT2D eigenvalue weighted by atomic mass is 16.8. The number of hydrogen-bond donors (Lipinski definition) is 1. The first-order valence-corrected chi connectivity index (χ1v) is 17.2. The van der Waals surface area contributed by atoms with Crippen LogP contribution in [0.5, 0.6) is 5.75 Å². The number of rotatable bonds is 13. The van der Waals surface area contributed by atoms with Crippen LogP contribution in [-0.2, 0) is 85.7 Å². The molecule has 21 nitrogen and oxygen atoms in total. The summed E-state index contributed by atoms with van der Waals surface area (Å²) in [4.78, 5) is 113. The summed E-state index contributed by atoms with van der Waals surface area (Å²) in [6.45, 7) is 5.67. The van der Waals surface area contributed by atoms with Crippen LogP contribution in [-0.4, -0.2) is 133 Å². The molecular weight excluding hydrogens is 768 g/mol. The number of carbonyl (C=O) groups is 9. The molecule has 1 aromatic rings. The summed E-state index contributed by atoms with van der Waals surface area (Å²) in [7, 11) is 0. The number of phenols is 1. The van der Waals surface area contributed by atoms with Gasteiger partial charge in [-0.2, -0.15) is 0 Å². The molecular formula is C36H40O21. The number of hydrogen-bond acceptors (Lipinski definition) is 21. The standard InChI is InChI=1S/C36H40O21/c1-14(37)47-12-25-29(49-16(3)39)31(50-17(4)40)34(53-20(7)43)36(56-25)57-30-26(13-48-15(2)38)55-35(33(52-19(6)42)32(30)51-18(5)41)54-24-11-23(45)27-21(28(24)46)9-8-10-22(27)44/h8-11,25-26,29-36,44H,12-13H2,1-7H3/t25-,26-,29-,30+,31+,32+,33-,34-,35+,36+/m0/s1. The SMILES string of the molecule is CC(=O)OC[C@@H]1O[C@H](O[C@H]2[C@@H](OC(C)=O)[C@H](OC(C)=O)[C@H](OC3=CC(=O)c4c(O)cccc4C3=O)O[C@H]2COC(C)=O)[C@@H](OC(C)=O)[C@H](OC(C)=O)[C@H]1OC(C)=O. The Bertz CT molecular complexity index is 1820.